The van der Waals surface area contributed by atoms with Gasteiger partial charge in [-0.15, -0.1) is 0 Å². The van der Waals surface area contributed by atoms with Crippen molar-refractivity contribution >= 4 is 34.1 Å². The Balaban J connectivity index is 1.73. The van der Waals surface area contributed by atoms with E-state index in [4.69, 9.17) is 11.6 Å². The number of aromatic nitrogens is 2. The molecule has 4 nitrogen and oxygen atoms in total. The van der Waals surface area contributed by atoms with Gasteiger partial charge in [0, 0.05) is 35.5 Å². The molecule has 0 saturated heterocycles. The third-order valence-corrected chi connectivity index (χ3v) is 5.40. The maximum Gasteiger partial charge on any atom is 0.228 e. The molecule has 1 aromatic carbocycles. The van der Waals surface area contributed by atoms with E-state index in [0.717, 1.165) is 34.7 Å². The molecule has 1 saturated carbocycles. The minimum absolute atomic E-state index is 0.0483. The summed E-state index contributed by atoms with van der Waals surface area (Å²) < 4.78 is 0. The highest BCUT2D eigenvalue weighted by molar-refractivity contribution is 6.36. The van der Waals surface area contributed by atoms with E-state index in [-0.39, 0.29) is 11.8 Å². The van der Waals surface area contributed by atoms with Crippen molar-refractivity contribution in [3.8, 4) is 11.1 Å². The zero-order valence-electron chi connectivity index (χ0n) is 14.8. The van der Waals surface area contributed by atoms with Crippen LogP contribution in [0.2, 0.25) is 5.02 Å². The van der Waals surface area contributed by atoms with Crippen molar-refractivity contribution in [2.24, 2.45) is 11.8 Å². The maximum atomic E-state index is 12.2. The lowest BCUT2D eigenvalue weighted by atomic mass is 9.98. The topological polar surface area (TPSA) is 54.9 Å². The van der Waals surface area contributed by atoms with Gasteiger partial charge in [0.25, 0.3) is 0 Å². The number of pyridine rings is 2. The lowest BCUT2D eigenvalue weighted by Gasteiger charge is -2.11. The molecule has 4 rings (SSSR count). The van der Waals surface area contributed by atoms with E-state index in [1.807, 2.05) is 24.4 Å². The van der Waals surface area contributed by atoms with Crippen molar-refractivity contribution in [3.05, 3.63) is 53.4 Å². The highest BCUT2D eigenvalue weighted by atomic mass is 35.5. The first-order valence-electron chi connectivity index (χ1n) is 8.90. The third-order valence-electron chi connectivity index (χ3n) is 5.09. The molecule has 0 bridgehead atoms. The molecule has 132 valence electrons. The molecule has 3 aromatic rings. The van der Waals surface area contributed by atoms with E-state index in [1.54, 1.807) is 12.4 Å². The van der Waals surface area contributed by atoms with Crippen LogP contribution >= 0.6 is 11.6 Å². The molecule has 0 radical (unpaired) electrons. The zero-order valence-corrected chi connectivity index (χ0v) is 15.5. The van der Waals surface area contributed by atoms with E-state index in [2.05, 4.69) is 35.2 Å². The summed E-state index contributed by atoms with van der Waals surface area (Å²) >= 11 is 6.50. The predicted molar refractivity (Wildman–Crippen MR) is 105 cm³/mol. The zero-order chi connectivity index (χ0) is 18.3. The molecule has 1 N–H and O–H groups in total. The Bertz CT molecular complexity index is 1000. The average molecular weight is 366 g/mol. The number of halogens is 1. The molecule has 1 fully saturated rings. The van der Waals surface area contributed by atoms with E-state index < -0.39 is 0 Å². The molecule has 26 heavy (non-hydrogen) atoms. The number of amides is 1. The molecule has 1 aliphatic carbocycles. The average Bonchev–Trinajstić information content (AvgIpc) is 3.38. The first-order chi connectivity index (χ1) is 12.6. The van der Waals surface area contributed by atoms with Gasteiger partial charge in [0.05, 0.1) is 5.02 Å². The minimum Gasteiger partial charge on any atom is -0.310 e. The molecule has 1 amide bonds. The lowest BCUT2D eigenvalue weighted by Crippen LogP contribution is -2.15. The predicted octanol–water partition coefficient (Wildman–Crippen LogP) is 5.11. The number of aryl methyl sites for hydroxylation is 1. The largest absolute Gasteiger partial charge is 0.310 e. The summed E-state index contributed by atoms with van der Waals surface area (Å²) in [6.45, 7) is 4.21. The molecule has 2 aromatic heterocycles. The molecule has 0 spiro atoms. The van der Waals surface area contributed by atoms with Crippen LogP contribution in [-0.4, -0.2) is 15.9 Å². The fourth-order valence-electron chi connectivity index (χ4n) is 3.34. The summed E-state index contributed by atoms with van der Waals surface area (Å²) in [6.07, 6.45) is 7.27. The summed E-state index contributed by atoms with van der Waals surface area (Å²) in [5.74, 6) is 1.20. The Morgan fingerprint density at radius 1 is 1.31 bits per heavy atom. The summed E-state index contributed by atoms with van der Waals surface area (Å²) in [4.78, 5) is 20.8. The summed E-state index contributed by atoms with van der Waals surface area (Å²) in [5, 5.41) is 5.39. The first-order valence-corrected chi connectivity index (χ1v) is 9.28. The van der Waals surface area contributed by atoms with Crippen molar-refractivity contribution in [1.82, 2.24) is 9.97 Å². The minimum atomic E-state index is 0.0483. The molecular formula is C21H20ClN3O. The normalized spacial score (nSPS) is 18.7. The molecule has 0 unspecified atom stereocenters. The Hall–Kier alpha value is -2.46. The van der Waals surface area contributed by atoms with Crippen LogP contribution in [0.15, 0.2) is 42.9 Å². The Morgan fingerprint density at radius 2 is 2.12 bits per heavy atom. The van der Waals surface area contributed by atoms with Gasteiger partial charge >= 0.3 is 0 Å². The number of nitrogens with zero attached hydrogens (tertiary/aromatic N) is 2. The quantitative estimate of drug-likeness (QED) is 0.699. The number of fused-ring (bicyclic) bond motifs is 1. The number of benzene rings is 1. The van der Waals surface area contributed by atoms with Gasteiger partial charge in [-0.2, -0.15) is 0 Å². The van der Waals surface area contributed by atoms with Crippen molar-refractivity contribution in [2.75, 3.05) is 5.32 Å². The SMILES string of the molecule is CCc1ccncc1-c1cc(Cl)c2cnc(NC(=O)[C@H]3C[C@H]3C)cc2c1. The smallest absolute Gasteiger partial charge is 0.228 e. The second kappa shape index (κ2) is 6.69. The number of rotatable bonds is 4. The first kappa shape index (κ1) is 17.0. The van der Waals surface area contributed by atoms with Gasteiger partial charge in [-0.3, -0.25) is 9.78 Å². The second-order valence-corrected chi connectivity index (χ2v) is 7.35. The lowest BCUT2D eigenvalue weighted by molar-refractivity contribution is -0.117. The molecule has 2 heterocycles. The molecule has 2 atom stereocenters. The van der Waals surface area contributed by atoms with Crippen LogP contribution < -0.4 is 5.32 Å². The number of hydrogen-bond donors (Lipinski definition) is 1. The van der Waals surface area contributed by atoms with Gasteiger partial charge in [-0.1, -0.05) is 25.4 Å². The van der Waals surface area contributed by atoms with Crippen molar-refractivity contribution in [1.29, 1.82) is 0 Å². The van der Waals surface area contributed by atoms with Gasteiger partial charge in [-0.25, -0.2) is 4.98 Å². The summed E-state index contributed by atoms with van der Waals surface area (Å²) in [6, 6.07) is 7.94. The van der Waals surface area contributed by atoms with Crippen LogP contribution in [0.25, 0.3) is 21.9 Å². The Morgan fingerprint density at radius 3 is 2.85 bits per heavy atom. The van der Waals surface area contributed by atoms with Gasteiger partial charge in [-0.05, 0) is 59.5 Å². The van der Waals surface area contributed by atoms with Gasteiger partial charge < -0.3 is 5.32 Å². The molecule has 0 aliphatic heterocycles. The van der Waals surface area contributed by atoms with Crippen LogP contribution in [-0.2, 0) is 11.2 Å². The van der Waals surface area contributed by atoms with Gasteiger partial charge in [0.15, 0.2) is 0 Å². The summed E-state index contributed by atoms with van der Waals surface area (Å²) in [7, 11) is 0. The van der Waals surface area contributed by atoms with E-state index >= 15 is 0 Å². The fourth-order valence-corrected chi connectivity index (χ4v) is 3.61. The standard InChI is InChI=1S/C21H20ClN3O/c1-3-13-4-5-23-10-17(13)14-7-15-9-20(24-11-18(15)19(22)8-14)25-21(26)16-6-12(16)2/h4-5,7-12,16H,3,6H2,1-2H3,(H,24,25,26)/t12-,16+/m1/s1. The van der Waals surface area contributed by atoms with Crippen molar-refractivity contribution in [3.63, 3.8) is 0 Å². The Labute approximate surface area is 157 Å². The van der Waals surface area contributed by atoms with Crippen LogP contribution in [0.1, 0.15) is 25.8 Å². The number of carbonyl (C=O) groups excluding carboxylic acids is 1. The Kier molecular flexibility index (Phi) is 4.37. The van der Waals surface area contributed by atoms with Crippen LogP contribution in [0.3, 0.4) is 0 Å². The number of anilines is 1. The number of carbonyl (C=O) groups is 1. The van der Waals surface area contributed by atoms with Crippen molar-refractivity contribution < 1.29 is 4.79 Å². The highest BCUT2D eigenvalue weighted by Gasteiger charge is 2.39. The number of nitrogens with one attached hydrogen (secondary N) is 1. The van der Waals surface area contributed by atoms with Crippen LogP contribution in [0, 0.1) is 11.8 Å². The van der Waals surface area contributed by atoms with Gasteiger partial charge in [0.2, 0.25) is 5.91 Å². The van der Waals surface area contributed by atoms with E-state index in [0.29, 0.717) is 16.8 Å². The fraction of sp³-hybridized carbons (Fsp3) is 0.286. The second-order valence-electron chi connectivity index (χ2n) is 6.94. The highest BCUT2D eigenvalue weighted by Crippen LogP contribution is 2.38. The molecule has 5 heteroatoms. The van der Waals surface area contributed by atoms with E-state index in [1.165, 1.54) is 5.56 Å². The third kappa shape index (κ3) is 3.17. The number of hydrogen-bond acceptors (Lipinski definition) is 3. The molecule has 1 aliphatic rings. The van der Waals surface area contributed by atoms with Crippen LogP contribution in [0.5, 0.6) is 0 Å². The molecular weight excluding hydrogens is 346 g/mol. The van der Waals surface area contributed by atoms with E-state index in [9.17, 15) is 4.79 Å². The maximum absolute atomic E-state index is 12.2. The van der Waals surface area contributed by atoms with Gasteiger partial charge in [0.1, 0.15) is 5.82 Å². The summed E-state index contributed by atoms with van der Waals surface area (Å²) in [5.41, 5.74) is 3.32. The van der Waals surface area contributed by atoms with Crippen molar-refractivity contribution in [2.45, 2.75) is 26.7 Å². The van der Waals surface area contributed by atoms with Crippen LogP contribution in [0.4, 0.5) is 5.82 Å². The monoisotopic (exact) mass is 365 g/mol.